The predicted octanol–water partition coefficient (Wildman–Crippen LogP) is 2.96. The number of carbonyl (C=O) groups is 2. The average molecular weight is 370 g/mol. The van der Waals surface area contributed by atoms with Crippen LogP contribution < -0.4 is 10.1 Å². The second kappa shape index (κ2) is 8.29. The highest BCUT2D eigenvalue weighted by molar-refractivity contribution is 5.92. The van der Waals surface area contributed by atoms with Crippen LogP contribution in [-0.2, 0) is 16.0 Å². The van der Waals surface area contributed by atoms with E-state index in [2.05, 4.69) is 9.88 Å². The number of aromatic nitrogens is 1. The summed E-state index contributed by atoms with van der Waals surface area (Å²) in [5.41, 5.74) is 3.53. The van der Waals surface area contributed by atoms with Crippen molar-refractivity contribution in [2.24, 2.45) is 0 Å². The van der Waals surface area contributed by atoms with E-state index in [0.717, 1.165) is 35.5 Å². The molecule has 6 heteroatoms. The van der Waals surface area contributed by atoms with Crippen LogP contribution in [0, 0.1) is 13.8 Å². The topological polar surface area (TPSA) is 69.6 Å². The van der Waals surface area contributed by atoms with Crippen molar-refractivity contribution in [3.05, 3.63) is 52.8 Å². The van der Waals surface area contributed by atoms with Crippen molar-refractivity contribution < 1.29 is 19.1 Å². The molecule has 3 rings (SSSR count). The Kier molecular flexibility index (Phi) is 5.84. The SMILES string of the molecule is COc1ccccc1CCNC(=O)COC(=O)c1cc(C)n(C2CC2)c1C. The predicted molar refractivity (Wildman–Crippen MR) is 102 cm³/mol. The first-order valence-corrected chi connectivity index (χ1v) is 9.25. The summed E-state index contributed by atoms with van der Waals surface area (Å²) in [6, 6.07) is 10.0. The maximum Gasteiger partial charge on any atom is 0.340 e. The molecule has 1 N–H and O–H groups in total. The van der Waals surface area contributed by atoms with Gasteiger partial charge < -0.3 is 19.4 Å². The van der Waals surface area contributed by atoms with Gasteiger partial charge in [0.05, 0.1) is 12.7 Å². The highest BCUT2D eigenvalue weighted by Crippen LogP contribution is 2.38. The molecule has 1 fully saturated rings. The van der Waals surface area contributed by atoms with Crippen molar-refractivity contribution in [3.63, 3.8) is 0 Å². The van der Waals surface area contributed by atoms with Gasteiger partial charge in [0, 0.05) is 24.0 Å². The molecule has 0 radical (unpaired) electrons. The lowest BCUT2D eigenvalue weighted by atomic mass is 10.1. The first-order valence-electron chi connectivity index (χ1n) is 9.25. The van der Waals surface area contributed by atoms with E-state index in [1.54, 1.807) is 7.11 Å². The van der Waals surface area contributed by atoms with Gasteiger partial charge in [0.1, 0.15) is 5.75 Å². The number of amides is 1. The number of benzene rings is 1. The van der Waals surface area contributed by atoms with E-state index in [-0.39, 0.29) is 12.5 Å². The van der Waals surface area contributed by atoms with Crippen LogP contribution in [-0.4, -0.2) is 36.7 Å². The van der Waals surface area contributed by atoms with Crippen molar-refractivity contribution in [2.75, 3.05) is 20.3 Å². The molecular formula is C21H26N2O4. The van der Waals surface area contributed by atoms with Crippen LogP contribution in [0.5, 0.6) is 5.75 Å². The molecule has 27 heavy (non-hydrogen) atoms. The fraction of sp³-hybridized carbons (Fsp3) is 0.429. The zero-order chi connectivity index (χ0) is 19.4. The van der Waals surface area contributed by atoms with Crippen LogP contribution in [0.4, 0.5) is 0 Å². The highest BCUT2D eigenvalue weighted by atomic mass is 16.5. The fourth-order valence-corrected chi connectivity index (χ4v) is 3.38. The number of carbonyl (C=O) groups excluding carboxylic acids is 2. The smallest absolute Gasteiger partial charge is 0.340 e. The van der Waals surface area contributed by atoms with Crippen molar-refractivity contribution >= 4 is 11.9 Å². The monoisotopic (exact) mass is 370 g/mol. The van der Waals surface area contributed by atoms with E-state index >= 15 is 0 Å². The van der Waals surface area contributed by atoms with Gasteiger partial charge in [-0.05, 0) is 50.8 Å². The third-order valence-electron chi connectivity index (χ3n) is 4.86. The molecule has 1 aliphatic carbocycles. The summed E-state index contributed by atoms with van der Waals surface area (Å²) < 4.78 is 12.7. The molecule has 0 aliphatic heterocycles. The van der Waals surface area contributed by atoms with Crippen LogP contribution in [0.25, 0.3) is 0 Å². The molecule has 0 unspecified atom stereocenters. The number of hydrogen-bond donors (Lipinski definition) is 1. The highest BCUT2D eigenvalue weighted by Gasteiger charge is 2.28. The van der Waals surface area contributed by atoms with Gasteiger partial charge in [0.15, 0.2) is 6.61 Å². The number of rotatable bonds is 8. The van der Waals surface area contributed by atoms with Gasteiger partial charge in [0.2, 0.25) is 0 Å². The number of nitrogens with one attached hydrogen (secondary N) is 1. The molecule has 144 valence electrons. The van der Waals surface area contributed by atoms with E-state index in [1.165, 1.54) is 0 Å². The summed E-state index contributed by atoms with van der Waals surface area (Å²) in [5, 5.41) is 2.77. The first kappa shape index (κ1) is 19.0. The summed E-state index contributed by atoms with van der Waals surface area (Å²) in [6.07, 6.45) is 2.95. The van der Waals surface area contributed by atoms with Gasteiger partial charge in [-0.2, -0.15) is 0 Å². The Morgan fingerprint density at radius 2 is 1.96 bits per heavy atom. The molecule has 1 amide bonds. The second-order valence-electron chi connectivity index (χ2n) is 6.87. The molecule has 1 aliphatic rings. The molecule has 0 saturated heterocycles. The van der Waals surface area contributed by atoms with Gasteiger partial charge in [0.25, 0.3) is 5.91 Å². The minimum atomic E-state index is -0.449. The number of esters is 1. The molecule has 0 bridgehead atoms. The van der Waals surface area contributed by atoms with E-state index in [4.69, 9.17) is 9.47 Å². The lowest BCUT2D eigenvalue weighted by Crippen LogP contribution is -2.30. The number of nitrogens with zero attached hydrogens (tertiary/aromatic N) is 1. The summed E-state index contributed by atoms with van der Waals surface area (Å²) in [6.45, 7) is 4.09. The summed E-state index contributed by atoms with van der Waals surface area (Å²) in [7, 11) is 1.62. The van der Waals surface area contributed by atoms with Crippen LogP contribution in [0.15, 0.2) is 30.3 Å². The second-order valence-corrected chi connectivity index (χ2v) is 6.87. The molecule has 2 aromatic rings. The van der Waals surface area contributed by atoms with Gasteiger partial charge in [-0.15, -0.1) is 0 Å². The number of methoxy groups -OCH3 is 1. The Bertz CT molecular complexity index is 837. The number of ether oxygens (including phenoxy) is 2. The van der Waals surface area contributed by atoms with Gasteiger partial charge in [-0.25, -0.2) is 4.79 Å². The largest absolute Gasteiger partial charge is 0.496 e. The first-order chi connectivity index (χ1) is 13.0. The molecule has 1 saturated carbocycles. The minimum absolute atomic E-state index is 0.280. The Hall–Kier alpha value is -2.76. The molecule has 1 aromatic heterocycles. The zero-order valence-electron chi connectivity index (χ0n) is 16.1. The lowest BCUT2D eigenvalue weighted by Gasteiger charge is -2.10. The Morgan fingerprint density at radius 1 is 1.22 bits per heavy atom. The van der Waals surface area contributed by atoms with Crippen molar-refractivity contribution in [3.8, 4) is 5.75 Å². The van der Waals surface area contributed by atoms with Crippen LogP contribution >= 0.6 is 0 Å². The summed E-state index contributed by atoms with van der Waals surface area (Å²) in [4.78, 5) is 24.3. The molecule has 1 aromatic carbocycles. The van der Waals surface area contributed by atoms with Crippen molar-refractivity contribution in [1.82, 2.24) is 9.88 Å². The maximum atomic E-state index is 12.3. The quantitative estimate of drug-likeness (QED) is 0.726. The minimum Gasteiger partial charge on any atom is -0.496 e. The standard InChI is InChI=1S/C21H26N2O4/c1-14-12-18(15(2)23(14)17-8-9-17)21(25)27-13-20(24)22-11-10-16-6-4-5-7-19(16)26-3/h4-7,12,17H,8-11,13H2,1-3H3,(H,22,24). The summed E-state index contributed by atoms with van der Waals surface area (Å²) in [5.74, 6) is 0.0355. The Labute approximate surface area is 159 Å². The molecule has 0 atom stereocenters. The van der Waals surface area contributed by atoms with E-state index in [9.17, 15) is 9.59 Å². The van der Waals surface area contributed by atoms with E-state index in [0.29, 0.717) is 24.6 Å². The van der Waals surface area contributed by atoms with Crippen LogP contribution in [0.2, 0.25) is 0 Å². The van der Waals surface area contributed by atoms with Crippen LogP contribution in [0.3, 0.4) is 0 Å². The lowest BCUT2D eigenvalue weighted by molar-refractivity contribution is -0.124. The van der Waals surface area contributed by atoms with E-state index in [1.807, 2.05) is 44.2 Å². The van der Waals surface area contributed by atoms with Crippen molar-refractivity contribution in [2.45, 2.75) is 39.2 Å². The van der Waals surface area contributed by atoms with Gasteiger partial charge >= 0.3 is 5.97 Å². The number of hydrogen-bond acceptors (Lipinski definition) is 4. The summed E-state index contributed by atoms with van der Waals surface area (Å²) >= 11 is 0. The normalized spacial score (nSPS) is 13.3. The van der Waals surface area contributed by atoms with E-state index < -0.39 is 5.97 Å². The van der Waals surface area contributed by atoms with Gasteiger partial charge in [-0.1, -0.05) is 18.2 Å². The zero-order valence-corrected chi connectivity index (χ0v) is 16.1. The molecule has 6 nitrogen and oxygen atoms in total. The van der Waals surface area contributed by atoms with Crippen LogP contribution in [0.1, 0.15) is 46.2 Å². The number of aryl methyl sites for hydroxylation is 1. The Morgan fingerprint density at radius 3 is 2.67 bits per heavy atom. The number of para-hydroxylation sites is 1. The third kappa shape index (κ3) is 4.51. The van der Waals surface area contributed by atoms with Crippen molar-refractivity contribution in [1.29, 1.82) is 0 Å². The molecule has 0 spiro atoms. The third-order valence-corrected chi connectivity index (χ3v) is 4.86. The fourth-order valence-electron chi connectivity index (χ4n) is 3.38. The molecule has 1 heterocycles. The van der Waals surface area contributed by atoms with Gasteiger partial charge in [-0.3, -0.25) is 4.79 Å². The maximum absolute atomic E-state index is 12.3. The average Bonchev–Trinajstić information content (AvgIpc) is 3.45. The Balaban J connectivity index is 1.46. The molecular weight excluding hydrogens is 344 g/mol.